The van der Waals surface area contributed by atoms with Crippen LogP contribution in [0.25, 0.3) is 0 Å². The van der Waals surface area contributed by atoms with Gasteiger partial charge in [-0.2, -0.15) is 0 Å². The number of nitrogens with one attached hydrogen (secondary N) is 1. The maximum Gasteiger partial charge on any atom is 0.135 e. The van der Waals surface area contributed by atoms with Crippen molar-refractivity contribution < 1.29 is 20.1 Å². The molecule has 0 aromatic rings. The number of rotatable bonds is 1. The topological polar surface area (TPSA) is 82.0 Å². The van der Waals surface area contributed by atoms with Gasteiger partial charge in [0.15, 0.2) is 0 Å². The Hall–Kier alpha value is -0.200. The van der Waals surface area contributed by atoms with Crippen LogP contribution in [-0.4, -0.2) is 46.6 Å². The van der Waals surface area contributed by atoms with E-state index in [9.17, 15) is 0 Å². The predicted octanol–water partition coefficient (Wildman–Crippen LogP) is -2.01. The molecule has 1 aliphatic heterocycles. The number of aliphatic hydroxyl groups is 3. The maximum atomic E-state index is 9.10. The lowest BCUT2D eigenvalue weighted by Crippen LogP contribution is -2.58. The average molecular weight is 163 g/mol. The van der Waals surface area contributed by atoms with Crippen LogP contribution >= 0.6 is 0 Å². The zero-order valence-corrected chi connectivity index (χ0v) is 6.27. The van der Waals surface area contributed by atoms with E-state index in [0.717, 1.165) is 0 Å². The molecule has 0 aromatic carbocycles. The summed E-state index contributed by atoms with van der Waals surface area (Å²) in [5, 5.41) is 29.3. The van der Waals surface area contributed by atoms with Gasteiger partial charge in [0, 0.05) is 0 Å². The third-order valence-corrected chi connectivity index (χ3v) is 1.71. The van der Waals surface area contributed by atoms with Gasteiger partial charge in [0.25, 0.3) is 0 Å². The summed E-state index contributed by atoms with van der Waals surface area (Å²) >= 11 is 0. The van der Waals surface area contributed by atoms with Crippen molar-refractivity contribution in [3.63, 3.8) is 0 Å². The molecule has 0 spiro atoms. The molecule has 0 amide bonds. The van der Waals surface area contributed by atoms with Crippen LogP contribution in [0.1, 0.15) is 6.92 Å². The molecule has 4 N–H and O–H groups in total. The Labute approximate surface area is 64.6 Å². The van der Waals surface area contributed by atoms with Gasteiger partial charge < -0.3 is 20.1 Å². The molecule has 4 unspecified atom stereocenters. The van der Waals surface area contributed by atoms with Crippen LogP contribution in [0.2, 0.25) is 0 Å². The van der Waals surface area contributed by atoms with Crippen LogP contribution in [-0.2, 0) is 4.74 Å². The van der Waals surface area contributed by atoms with Crippen molar-refractivity contribution in [3.05, 3.63) is 0 Å². The summed E-state index contributed by atoms with van der Waals surface area (Å²) < 4.78 is 5.05. The molecule has 1 fully saturated rings. The predicted molar refractivity (Wildman–Crippen MR) is 36.6 cm³/mol. The summed E-state index contributed by atoms with van der Waals surface area (Å²) in [5.41, 5.74) is 0. The van der Waals surface area contributed by atoms with E-state index in [0.29, 0.717) is 0 Å². The molecule has 1 heterocycles. The number of ether oxygens (including phenoxy) is 1. The van der Waals surface area contributed by atoms with E-state index >= 15 is 0 Å². The molecule has 0 aromatic heterocycles. The number of morpholine rings is 1. The Morgan fingerprint density at radius 2 is 2.00 bits per heavy atom. The number of hydrogen-bond acceptors (Lipinski definition) is 5. The van der Waals surface area contributed by atoms with Crippen molar-refractivity contribution >= 4 is 0 Å². The van der Waals surface area contributed by atoms with Gasteiger partial charge in [-0.05, 0) is 6.92 Å². The molecular formula is C6H13NO4. The van der Waals surface area contributed by atoms with Gasteiger partial charge in [0.2, 0.25) is 0 Å². The third-order valence-electron chi connectivity index (χ3n) is 1.71. The Morgan fingerprint density at radius 3 is 2.55 bits per heavy atom. The second kappa shape index (κ2) is 3.46. The maximum absolute atomic E-state index is 9.10. The smallest absolute Gasteiger partial charge is 0.135 e. The highest BCUT2D eigenvalue weighted by Crippen LogP contribution is 2.10. The summed E-state index contributed by atoms with van der Waals surface area (Å²) in [4.78, 5) is 0. The largest absolute Gasteiger partial charge is 0.394 e. The van der Waals surface area contributed by atoms with Gasteiger partial charge in [-0.1, -0.05) is 0 Å². The van der Waals surface area contributed by atoms with Crippen LogP contribution in [0.5, 0.6) is 0 Å². The minimum Gasteiger partial charge on any atom is -0.394 e. The van der Waals surface area contributed by atoms with Gasteiger partial charge in [-0.25, -0.2) is 0 Å². The summed E-state index contributed by atoms with van der Waals surface area (Å²) in [6, 6.07) is 0. The Balaban J connectivity index is 2.48. The summed E-state index contributed by atoms with van der Waals surface area (Å²) in [6.45, 7) is 1.40. The lowest BCUT2D eigenvalue weighted by Gasteiger charge is -2.35. The normalized spacial score (nSPS) is 45.8. The van der Waals surface area contributed by atoms with E-state index in [-0.39, 0.29) is 6.61 Å². The molecule has 1 aliphatic rings. The van der Waals surface area contributed by atoms with Crippen molar-refractivity contribution in [3.8, 4) is 0 Å². The van der Waals surface area contributed by atoms with Gasteiger partial charge in [-0.3, -0.25) is 5.32 Å². The Bertz CT molecular complexity index is 132. The van der Waals surface area contributed by atoms with E-state index in [2.05, 4.69) is 5.32 Å². The monoisotopic (exact) mass is 163 g/mol. The summed E-state index contributed by atoms with van der Waals surface area (Å²) in [7, 11) is 0. The Morgan fingerprint density at radius 1 is 1.36 bits per heavy atom. The SMILES string of the molecule is CC1OC(CO)C(O)NC1O. The van der Waals surface area contributed by atoms with E-state index in [4.69, 9.17) is 20.1 Å². The minimum atomic E-state index is -0.994. The third kappa shape index (κ3) is 1.88. The molecular weight excluding hydrogens is 150 g/mol. The molecule has 0 radical (unpaired) electrons. The average Bonchev–Trinajstić information content (AvgIpc) is 1.97. The molecule has 0 aliphatic carbocycles. The lowest BCUT2D eigenvalue weighted by molar-refractivity contribution is -0.191. The van der Waals surface area contributed by atoms with Gasteiger partial charge in [0.05, 0.1) is 12.7 Å². The fourth-order valence-electron chi connectivity index (χ4n) is 0.985. The molecule has 4 atom stereocenters. The Kier molecular flexibility index (Phi) is 2.80. The standard InChI is InChI=1S/C6H13NO4/c1-3-5(9)7-6(10)4(2-8)11-3/h3-10H,2H2,1H3. The van der Waals surface area contributed by atoms with Crippen LogP contribution < -0.4 is 5.32 Å². The fourth-order valence-corrected chi connectivity index (χ4v) is 0.985. The van der Waals surface area contributed by atoms with Crippen molar-refractivity contribution in [2.45, 2.75) is 31.6 Å². The highest BCUT2D eigenvalue weighted by molar-refractivity contribution is 4.77. The van der Waals surface area contributed by atoms with Gasteiger partial charge in [0.1, 0.15) is 18.6 Å². The molecule has 1 saturated heterocycles. The number of aliphatic hydroxyl groups excluding tert-OH is 3. The van der Waals surface area contributed by atoms with Crippen LogP contribution in [0.3, 0.4) is 0 Å². The first-order chi connectivity index (χ1) is 5.15. The van der Waals surface area contributed by atoms with Crippen molar-refractivity contribution in [1.29, 1.82) is 0 Å². The van der Waals surface area contributed by atoms with Gasteiger partial charge >= 0.3 is 0 Å². The molecule has 5 nitrogen and oxygen atoms in total. The quantitative estimate of drug-likeness (QED) is 0.359. The van der Waals surface area contributed by atoms with E-state index < -0.39 is 24.7 Å². The van der Waals surface area contributed by atoms with Crippen molar-refractivity contribution in [2.24, 2.45) is 0 Å². The van der Waals surface area contributed by atoms with Crippen LogP contribution in [0.15, 0.2) is 0 Å². The molecule has 66 valence electrons. The molecule has 0 bridgehead atoms. The van der Waals surface area contributed by atoms with Crippen LogP contribution in [0.4, 0.5) is 0 Å². The molecule has 0 saturated carbocycles. The van der Waals surface area contributed by atoms with E-state index in [1.807, 2.05) is 0 Å². The van der Waals surface area contributed by atoms with Crippen molar-refractivity contribution in [2.75, 3.05) is 6.61 Å². The first-order valence-corrected chi connectivity index (χ1v) is 3.53. The lowest BCUT2D eigenvalue weighted by atomic mass is 10.2. The van der Waals surface area contributed by atoms with Crippen LogP contribution in [0, 0.1) is 0 Å². The second-order valence-electron chi connectivity index (χ2n) is 2.62. The van der Waals surface area contributed by atoms with E-state index in [1.54, 1.807) is 6.92 Å². The highest BCUT2D eigenvalue weighted by atomic mass is 16.5. The second-order valence-corrected chi connectivity index (χ2v) is 2.62. The highest BCUT2D eigenvalue weighted by Gasteiger charge is 2.32. The molecule has 11 heavy (non-hydrogen) atoms. The first kappa shape index (κ1) is 8.89. The fraction of sp³-hybridized carbons (Fsp3) is 1.00. The van der Waals surface area contributed by atoms with Gasteiger partial charge in [-0.15, -0.1) is 0 Å². The zero-order chi connectivity index (χ0) is 8.43. The minimum absolute atomic E-state index is 0.259. The molecule has 1 rings (SSSR count). The summed E-state index contributed by atoms with van der Waals surface area (Å²) in [5.74, 6) is 0. The van der Waals surface area contributed by atoms with E-state index in [1.165, 1.54) is 0 Å². The first-order valence-electron chi connectivity index (χ1n) is 3.53. The summed E-state index contributed by atoms with van der Waals surface area (Å²) in [6.07, 6.45) is -2.91. The zero-order valence-electron chi connectivity index (χ0n) is 6.27. The van der Waals surface area contributed by atoms with Crippen molar-refractivity contribution in [1.82, 2.24) is 5.32 Å². The number of hydrogen-bond donors (Lipinski definition) is 4. The molecule has 5 heteroatoms.